The number of likely N-dealkylation sites (N-methyl/N-ethyl adjacent to an activating group) is 2. The second-order valence-corrected chi connectivity index (χ2v) is 25.7. The molecule has 0 bridgehead atoms. The number of nitrogens with one attached hydrogen (secondary N) is 3. The van der Waals surface area contributed by atoms with Crippen LogP contribution in [-0.2, 0) is 65.6 Å². The van der Waals surface area contributed by atoms with Crippen molar-refractivity contribution in [3.8, 4) is 5.75 Å². The number of methoxy groups -OCH3 is 2. The number of carbonyl (C=O) groups excluding carboxylic acids is 6. The van der Waals surface area contributed by atoms with Crippen LogP contribution < -0.4 is 20.7 Å². The van der Waals surface area contributed by atoms with Gasteiger partial charge in [0.2, 0.25) is 29.9 Å². The fourth-order valence-electron chi connectivity index (χ4n) is 11.9. The van der Waals surface area contributed by atoms with Crippen molar-refractivity contribution < 1.29 is 97.5 Å². The summed E-state index contributed by atoms with van der Waals surface area (Å²) in [5.41, 5.74) is 3.73. The summed E-state index contributed by atoms with van der Waals surface area (Å²) in [6, 6.07) is 8.12. The van der Waals surface area contributed by atoms with Crippen molar-refractivity contribution in [2.75, 3.05) is 54.6 Å². The highest BCUT2D eigenvalue weighted by Gasteiger charge is 2.49. The molecule has 0 radical (unpaired) electrons. The molecule has 2 aliphatic heterocycles. The molecule has 0 aromatic heterocycles. The van der Waals surface area contributed by atoms with Crippen LogP contribution in [0, 0.1) is 23.7 Å². The van der Waals surface area contributed by atoms with Crippen molar-refractivity contribution in [1.82, 2.24) is 30.7 Å². The van der Waals surface area contributed by atoms with E-state index in [1.807, 2.05) is 40.7 Å². The number of likely N-dealkylation sites (tertiary alicyclic amines) is 1. The maximum atomic E-state index is 14.9. The largest absolute Gasteiger partial charge is 0.480 e. The standard InChI is InChI=1S/C69H105N7O20/c1-15-43(8)56(52(91-13)37-53(78)76-32-20-25-50(76)60(92-14)45(10)62(82)71-49(66(86)87)36-46-23-17-16-18-24-46)74(11)65(85)54(39(2)3)72-64(84)55(40(4)5)75(12)69(90)93-38-47-28-29-51(95-68-59(81)57(79)58(80)61(96-68)67(88)89)48(35-47)63(83)70-31-34-94-73-44(9)27-26-41(6)21-19-22-42(7)30-33-77/h16-18,21,23-24,28-30,35,39-40,43,45,49-50,52,54-61,68,77,79-81H,15,19-20,22,25-27,31-34,36-38H2,1-14H3,(H,70,83)(H,71,82)(H,72,84)(H,86,87)(H,88,89)/b41-21+,42-30+,73-44+/t43?,45-,49?,50+,52-,54+,55+,56+,57+,58+,59-,60-,61+,68-/m1/s1. The molecule has 6 amide bonds. The number of hydrogen-bond donors (Lipinski definition) is 9. The molecular formula is C69H105N7O20. The molecule has 14 atom stereocenters. The van der Waals surface area contributed by atoms with E-state index in [1.54, 1.807) is 76.9 Å². The lowest BCUT2D eigenvalue weighted by Crippen LogP contribution is -2.61. The number of benzene rings is 2. The van der Waals surface area contributed by atoms with Gasteiger partial charge in [0.25, 0.3) is 5.91 Å². The van der Waals surface area contributed by atoms with Gasteiger partial charge in [-0.3, -0.25) is 28.9 Å². The summed E-state index contributed by atoms with van der Waals surface area (Å²) >= 11 is 0. The minimum atomic E-state index is -2.02. The SMILES string of the molecule is CCC(C)[C@@H]([C@@H](CC(=O)N1CCC[C@H]1[C@H](OC)[C@@H](C)C(=O)NC(Cc1ccccc1)C(=O)O)OC)N(C)C(=O)[C@@H](NC(=O)[C@H](C(C)C)N(C)C(=O)OCc1ccc(O[C@@H]2O[C@H](C(=O)O)[C@@H](O)[C@H](O)[C@H]2O)c(C(=O)NCCO/N=C(\C)CC/C(C)=C/CC/C(C)=C/CO)c1)C(C)C. The summed E-state index contributed by atoms with van der Waals surface area (Å²) in [6.07, 6.45) is -3.96. The molecule has 0 aliphatic carbocycles. The van der Waals surface area contributed by atoms with Crippen molar-refractivity contribution >= 4 is 53.3 Å². The average molecular weight is 1350 g/mol. The van der Waals surface area contributed by atoms with E-state index in [1.165, 1.54) is 49.9 Å². The van der Waals surface area contributed by atoms with E-state index in [-0.39, 0.29) is 61.3 Å². The maximum absolute atomic E-state index is 14.9. The topological polar surface area (TPSA) is 371 Å². The Morgan fingerprint density at radius 1 is 0.802 bits per heavy atom. The molecule has 2 saturated heterocycles. The Kier molecular flexibility index (Phi) is 33.4. The number of hydrogen-bond acceptors (Lipinski definition) is 19. The molecule has 536 valence electrons. The van der Waals surface area contributed by atoms with Gasteiger partial charge in [0.1, 0.15) is 55.4 Å². The average Bonchev–Trinajstić information content (AvgIpc) is 1.01. The summed E-state index contributed by atoms with van der Waals surface area (Å²) in [4.78, 5) is 119. The van der Waals surface area contributed by atoms with Crippen molar-refractivity contribution in [3.05, 3.63) is 88.5 Å². The van der Waals surface area contributed by atoms with Crippen LogP contribution in [0.15, 0.2) is 77.0 Å². The third-order valence-electron chi connectivity index (χ3n) is 17.8. The van der Waals surface area contributed by atoms with Gasteiger partial charge in [-0.05, 0) is 100 Å². The van der Waals surface area contributed by atoms with E-state index in [0.717, 1.165) is 35.3 Å². The Hall–Kier alpha value is -7.53. The van der Waals surface area contributed by atoms with Crippen LogP contribution >= 0.6 is 0 Å². The van der Waals surface area contributed by atoms with Crippen LogP contribution in [0.4, 0.5) is 4.79 Å². The predicted molar refractivity (Wildman–Crippen MR) is 355 cm³/mol. The van der Waals surface area contributed by atoms with E-state index in [2.05, 4.69) is 27.2 Å². The fourth-order valence-corrected chi connectivity index (χ4v) is 11.9. The van der Waals surface area contributed by atoms with E-state index >= 15 is 0 Å². The smallest absolute Gasteiger partial charge is 0.410 e. The fraction of sp³-hybridized carbons (Fsp3) is 0.638. The van der Waals surface area contributed by atoms with Gasteiger partial charge >= 0.3 is 18.0 Å². The highest BCUT2D eigenvalue weighted by atomic mass is 16.7. The molecule has 0 spiro atoms. The zero-order chi connectivity index (χ0) is 71.7. The molecule has 9 N–H and O–H groups in total. The molecule has 0 saturated carbocycles. The molecule has 2 aliphatic rings. The van der Waals surface area contributed by atoms with Crippen LogP contribution in [0.1, 0.15) is 142 Å². The lowest BCUT2D eigenvalue weighted by molar-refractivity contribution is -0.271. The summed E-state index contributed by atoms with van der Waals surface area (Å²) in [6.45, 7) is 18.0. The Morgan fingerprint density at radius 2 is 1.48 bits per heavy atom. The second kappa shape index (κ2) is 39.6. The summed E-state index contributed by atoms with van der Waals surface area (Å²) < 4.78 is 28.8. The Morgan fingerprint density at radius 3 is 2.08 bits per heavy atom. The Bertz CT molecular complexity index is 2980. The van der Waals surface area contributed by atoms with Crippen LogP contribution in [0.2, 0.25) is 0 Å². The Labute approximate surface area is 563 Å². The number of aliphatic hydroxyl groups is 4. The number of allylic oxidation sites excluding steroid dienone is 3. The molecule has 4 rings (SSSR count). The quantitative estimate of drug-likeness (QED) is 0.0185. The third-order valence-corrected chi connectivity index (χ3v) is 17.8. The lowest BCUT2D eigenvalue weighted by atomic mass is 9.89. The number of carbonyl (C=O) groups is 8. The number of aliphatic hydroxyl groups excluding tert-OH is 4. The number of carboxylic acids is 2. The van der Waals surface area contributed by atoms with Crippen LogP contribution in [0.3, 0.4) is 0 Å². The first kappa shape index (κ1) is 80.9. The number of rotatable bonds is 38. The number of carboxylic acid groups (broad SMARTS) is 2. The number of nitrogens with zero attached hydrogens (tertiary/aromatic N) is 4. The molecule has 2 heterocycles. The minimum Gasteiger partial charge on any atom is -0.480 e. The minimum absolute atomic E-state index is 0.00368. The molecule has 2 aromatic carbocycles. The van der Waals surface area contributed by atoms with Gasteiger partial charge in [0.15, 0.2) is 6.10 Å². The molecule has 27 heteroatoms. The van der Waals surface area contributed by atoms with Gasteiger partial charge in [-0.25, -0.2) is 14.4 Å². The van der Waals surface area contributed by atoms with Gasteiger partial charge < -0.3 is 84.9 Å². The number of ether oxygens (including phenoxy) is 5. The maximum Gasteiger partial charge on any atom is 0.410 e. The van der Waals surface area contributed by atoms with Gasteiger partial charge in [0.05, 0.1) is 61.1 Å². The summed E-state index contributed by atoms with van der Waals surface area (Å²) in [5.74, 6) is -8.00. The molecule has 2 unspecified atom stereocenters. The van der Waals surface area contributed by atoms with E-state index in [9.17, 15) is 63.9 Å². The molecule has 2 fully saturated rings. The van der Waals surface area contributed by atoms with Gasteiger partial charge in [0, 0.05) is 41.3 Å². The zero-order valence-corrected chi connectivity index (χ0v) is 58.1. The van der Waals surface area contributed by atoms with Crippen molar-refractivity contribution in [2.24, 2.45) is 28.8 Å². The third kappa shape index (κ3) is 23.4. The van der Waals surface area contributed by atoms with Crippen molar-refractivity contribution in [2.45, 2.75) is 207 Å². The van der Waals surface area contributed by atoms with E-state index in [0.29, 0.717) is 37.9 Å². The van der Waals surface area contributed by atoms with E-state index in [4.69, 9.17) is 33.6 Å². The molecule has 96 heavy (non-hydrogen) atoms. The highest BCUT2D eigenvalue weighted by Crippen LogP contribution is 2.32. The normalized spacial score (nSPS) is 21.0. The van der Waals surface area contributed by atoms with Gasteiger partial charge in [-0.15, -0.1) is 0 Å². The van der Waals surface area contributed by atoms with Crippen LogP contribution in [0.5, 0.6) is 5.75 Å². The molecule has 2 aromatic rings. The first-order valence-electron chi connectivity index (χ1n) is 32.9. The number of amides is 6. The summed E-state index contributed by atoms with van der Waals surface area (Å²) in [7, 11) is 5.85. The van der Waals surface area contributed by atoms with Gasteiger partial charge in [-0.1, -0.05) is 120 Å². The van der Waals surface area contributed by atoms with Crippen molar-refractivity contribution in [3.63, 3.8) is 0 Å². The number of oxime groups is 1. The van der Waals surface area contributed by atoms with Crippen LogP contribution in [0.25, 0.3) is 0 Å². The second-order valence-electron chi connectivity index (χ2n) is 25.7. The highest BCUT2D eigenvalue weighted by molar-refractivity contribution is 5.97. The zero-order valence-electron chi connectivity index (χ0n) is 58.1. The Balaban J connectivity index is 1.48. The van der Waals surface area contributed by atoms with Crippen molar-refractivity contribution in [1.29, 1.82) is 0 Å². The predicted octanol–water partition coefficient (Wildman–Crippen LogP) is 4.99. The van der Waals surface area contributed by atoms with E-state index < -0.39 is 139 Å². The lowest BCUT2D eigenvalue weighted by Gasteiger charge is -2.41. The molecular weight excluding hydrogens is 1250 g/mol. The first-order chi connectivity index (χ1) is 45.4. The van der Waals surface area contributed by atoms with Gasteiger partial charge in [-0.2, -0.15) is 0 Å². The van der Waals surface area contributed by atoms with Crippen LogP contribution in [-0.4, -0.2) is 226 Å². The monoisotopic (exact) mass is 1350 g/mol. The number of aliphatic carboxylic acids is 2. The first-order valence-corrected chi connectivity index (χ1v) is 32.9. The summed E-state index contributed by atoms with van der Waals surface area (Å²) in [5, 5.41) is 72.8. The molecule has 27 nitrogen and oxygen atoms in total.